The molecule has 0 aliphatic rings. The summed E-state index contributed by atoms with van der Waals surface area (Å²) in [5, 5.41) is 5.70. The Kier molecular flexibility index (Phi) is 11.4. The van der Waals surface area contributed by atoms with Crippen molar-refractivity contribution in [2.45, 2.75) is 105 Å². The highest BCUT2D eigenvalue weighted by atomic mass is 32.1. The van der Waals surface area contributed by atoms with Crippen LogP contribution in [-0.4, -0.2) is 52.3 Å². The lowest BCUT2D eigenvalue weighted by molar-refractivity contribution is -0.144. The molecule has 0 aliphatic carbocycles. The van der Waals surface area contributed by atoms with Gasteiger partial charge in [0.05, 0.1) is 0 Å². The highest BCUT2D eigenvalue weighted by molar-refractivity contribution is 7.80. The van der Waals surface area contributed by atoms with E-state index in [2.05, 4.69) is 30.2 Å². The zero-order valence-corrected chi connectivity index (χ0v) is 23.1. The highest BCUT2D eigenvalue weighted by Crippen LogP contribution is 2.28. The van der Waals surface area contributed by atoms with Gasteiger partial charge >= 0.3 is 6.09 Å². The van der Waals surface area contributed by atoms with Gasteiger partial charge in [-0.1, -0.05) is 37.1 Å². The molecule has 3 atom stereocenters. The van der Waals surface area contributed by atoms with Gasteiger partial charge in [-0.2, -0.15) is 12.6 Å². The van der Waals surface area contributed by atoms with Crippen LogP contribution in [0.2, 0.25) is 0 Å². The minimum absolute atomic E-state index is 0.0320. The maximum Gasteiger partial charge on any atom is 0.408 e. The second-order valence-corrected chi connectivity index (χ2v) is 10.5. The van der Waals surface area contributed by atoms with Crippen LogP contribution in [0.15, 0.2) is 18.2 Å². The Morgan fingerprint density at radius 3 is 2.18 bits per heavy atom. The second kappa shape index (κ2) is 13.0. The van der Waals surface area contributed by atoms with E-state index in [1.165, 1.54) is 0 Å². The third-order valence-electron chi connectivity index (χ3n) is 5.34. The van der Waals surface area contributed by atoms with Crippen molar-refractivity contribution in [1.29, 1.82) is 0 Å². The Morgan fingerprint density at radius 2 is 1.71 bits per heavy atom. The van der Waals surface area contributed by atoms with E-state index in [1.807, 2.05) is 52.8 Å². The Hall–Kier alpha value is -2.22. The van der Waals surface area contributed by atoms with Crippen molar-refractivity contribution in [2.24, 2.45) is 0 Å². The molecule has 192 valence electrons. The van der Waals surface area contributed by atoms with E-state index in [-0.39, 0.29) is 29.7 Å². The first kappa shape index (κ1) is 29.8. The lowest BCUT2D eigenvalue weighted by atomic mass is 9.95. The van der Waals surface area contributed by atoms with Crippen molar-refractivity contribution in [2.75, 3.05) is 5.75 Å². The SMILES string of the molecule is CCCC(C)NC(=O)C(c1ccc(C)cc1C)N(C(=O)C(CS)NC(=O)OC(C)(C)C)C(C)C. The summed E-state index contributed by atoms with van der Waals surface area (Å²) in [6.45, 7) is 16.9. The molecule has 34 heavy (non-hydrogen) atoms. The second-order valence-electron chi connectivity index (χ2n) is 10.2. The van der Waals surface area contributed by atoms with Gasteiger partial charge in [0, 0.05) is 17.8 Å². The summed E-state index contributed by atoms with van der Waals surface area (Å²) < 4.78 is 5.33. The molecule has 0 bridgehead atoms. The summed E-state index contributed by atoms with van der Waals surface area (Å²) in [5.41, 5.74) is 2.04. The molecule has 0 fully saturated rings. The molecule has 3 amide bonds. The van der Waals surface area contributed by atoms with E-state index in [1.54, 1.807) is 25.7 Å². The van der Waals surface area contributed by atoms with Crippen LogP contribution in [0.4, 0.5) is 4.79 Å². The van der Waals surface area contributed by atoms with E-state index < -0.39 is 23.8 Å². The molecule has 1 aromatic rings. The molecular formula is C26H43N3O4S. The quantitative estimate of drug-likeness (QED) is 0.412. The third-order valence-corrected chi connectivity index (χ3v) is 5.70. The predicted molar refractivity (Wildman–Crippen MR) is 140 cm³/mol. The average molecular weight is 494 g/mol. The van der Waals surface area contributed by atoms with Crippen LogP contribution < -0.4 is 10.6 Å². The van der Waals surface area contributed by atoms with E-state index in [0.29, 0.717) is 0 Å². The molecule has 7 nitrogen and oxygen atoms in total. The first-order chi connectivity index (χ1) is 15.7. The molecule has 0 heterocycles. The van der Waals surface area contributed by atoms with Gasteiger partial charge in [0.25, 0.3) is 0 Å². The molecule has 0 saturated heterocycles. The molecule has 0 aliphatic heterocycles. The highest BCUT2D eigenvalue weighted by Gasteiger charge is 2.38. The van der Waals surface area contributed by atoms with Crippen molar-refractivity contribution in [1.82, 2.24) is 15.5 Å². The molecule has 0 aromatic heterocycles. The number of ether oxygens (including phenoxy) is 1. The number of amides is 3. The van der Waals surface area contributed by atoms with Gasteiger partial charge in [0.2, 0.25) is 11.8 Å². The number of aryl methyl sites for hydroxylation is 2. The standard InChI is InChI=1S/C26H43N3O4S/c1-10-11-19(6)27-23(30)22(20-13-12-17(4)14-18(20)5)29(16(2)3)24(31)21(15-34)28-25(32)33-26(7,8)9/h12-14,16,19,21-22,34H,10-11,15H2,1-9H3,(H,27,30)(H,28,32). The molecule has 3 unspecified atom stereocenters. The van der Waals surface area contributed by atoms with Gasteiger partial charge < -0.3 is 20.3 Å². The molecule has 0 saturated carbocycles. The van der Waals surface area contributed by atoms with Crippen molar-refractivity contribution < 1.29 is 19.1 Å². The fourth-order valence-electron chi connectivity index (χ4n) is 3.87. The number of carbonyl (C=O) groups excluding carboxylic acids is 3. The van der Waals surface area contributed by atoms with Crippen LogP contribution in [0.5, 0.6) is 0 Å². The van der Waals surface area contributed by atoms with Gasteiger partial charge in [0.15, 0.2) is 0 Å². The lowest BCUT2D eigenvalue weighted by Crippen LogP contribution is -2.56. The zero-order valence-electron chi connectivity index (χ0n) is 22.2. The number of alkyl carbamates (subject to hydrolysis) is 1. The van der Waals surface area contributed by atoms with Crippen molar-refractivity contribution in [3.8, 4) is 0 Å². The summed E-state index contributed by atoms with van der Waals surface area (Å²) in [7, 11) is 0. The fourth-order valence-corrected chi connectivity index (χ4v) is 4.12. The van der Waals surface area contributed by atoms with Gasteiger partial charge in [-0.25, -0.2) is 4.79 Å². The number of nitrogens with one attached hydrogen (secondary N) is 2. The smallest absolute Gasteiger partial charge is 0.408 e. The summed E-state index contributed by atoms with van der Waals surface area (Å²) in [6, 6.07) is 3.70. The third kappa shape index (κ3) is 8.85. The summed E-state index contributed by atoms with van der Waals surface area (Å²) in [5.74, 6) is -0.571. The van der Waals surface area contributed by atoms with Crippen LogP contribution in [-0.2, 0) is 14.3 Å². The number of nitrogens with zero attached hydrogens (tertiary/aromatic N) is 1. The first-order valence-electron chi connectivity index (χ1n) is 12.0. The Bertz CT molecular complexity index is 851. The van der Waals surface area contributed by atoms with Crippen molar-refractivity contribution in [3.63, 3.8) is 0 Å². The number of thiol groups is 1. The van der Waals surface area contributed by atoms with Crippen LogP contribution in [0.25, 0.3) is 0 Å². The minimum Gasteiger partial charge on any atom is -0.444 e. The number of hydrogen-bond donors (Lipinski definition) is 3. The lowest BCUT2D eigenvalue weighted by Gasteiger charge is -2.38. The summed E-state index contributed by atoms with van der Waals surface area (Å²) in [4.78, 5) is 41.3. The van der Waals surface area contributed by atoms with Gasteiger partial charge in [-0.3, -0.25) is 9.59 Å². The predicted octanol–water partition coefficient (Wildman–Crippen LogP) is 4.71. The Labute approximate surface area is 210 Å². The van der Waals surface area contributed by atoms with E-state index in [4.69, 9.17) is 4.74 Å². The molecule has 8 heteroatoms. The van der Waals surface area contributed by atoms with Crippen molar-refractivity contribution >= 4 is 30.5 Å². The normalized spacial score (nSPS) is 14.2. The number of rotatable bonds is 10. The van der Waals surface area contributed by atoms with Crippen molar-refractivity contribution in [3.05, 3.63) is 34.9 Å². The van der Waals surface area contributed by atoms with E-state index in [0.717, 1.165) is 29.5 Å². The molecular weight excluding hydrogens is 450 g/mol. The Balaban J connectivity index is 3.43. The Morgan fingerprint density at radius 1 is 1.09 bits per heavy atom. The van der Waals surface area contributed by atoms with Gasteiger partial charge in [-0.15, -0.1) is 0 Å². The molecule has 2 N–H and O–H groups in total. The number of carbonyl (C=O) groups is 3. The largest absolute Gasteiger partial charge is 0.444 e. The van der Waals surface area contributed by atoms with Crippen LogP contribution in [0, 0.1) is 13.8 Å². The maximum absolute atomic E-state index is 13.8. The number of benzene rings is 1. The minimum atomic E-state index is -0.949. The molecule has 1 rings (SSSR count). The fraction of sp³-hybridized carbons (Fsp3) is 0.654. The van der Waals surface area contributed by atoms with Crippen LogP contribution in [0.3, 0.4) is 0 Å². The molecule has 0 spiro atoms. The molecule has 0 radical (unpaired) electrons. The maximum atomic E-state index is 13.8. The first-order valence-corrected chi connectivity index (χ1v) is 12.6. The summed E-state index contributed by atoms with van der Waals surface area (Å²) >= 11 is 4.31. The topological polar surface area (TPSA) is 87.7 Å². The average Bonchev–Trinajstić information content (AvgIpc) is 2.68. The van der Waals surface area contributed by atoms with Gasteiger partial charge in [-0.05, 0) is 72.9 Å². The van der Waals surface area contributed by atoms with E-state index in [9.17, 15) is 14.4 Å². The number of hydrogen-bond acceptors (Lipinski definition) is 5. The van der Waals surface area contributed by atoms with E-state index >= 15 is 0 Å². The van der Waals surface area contributed by atoms with Crippen LogP contribution in [0.1, 0.15) is 84.0 Å². The monoisotopic (exact) mass is 493 g/mol. The molecule has 1 aromatic carbocycles. The zero-order chi connectivity index (χ0) is 26.2. The summed E-state index contributed by atoms with van der Waals surface area (Å²) in [6.07, 6.45) is 1.07. The van der Waals surface area contributed by atoms with Crippen LogP contribution >= 0.6 is 12.6 Å². The van der Waals surface area contributed by atoms with Gasteiger partial charge in [0.1, 0.15) is 17.7 Å².